The van der Waals surface area contributed by atoms with Gasteiger partial charge in [-0.25, -0.2) is 9.37 Å². The largest absolute Gasteiger partial charge is 0.423 e. The van der Waals surface area contributed by atoms with E-state index in [0.717, 1.165) is 0 Å². The smallest absolute Gasteiger partial charge is 0.300 e. The van der Waals surface area contributed by atoms with Crippen LogP contribution < -0.4 is 10.8 Å². The van der Waals surface area contributed by atoms with Gasteiger partial charge in [0.1, 0.15) is 11.5 Å². The molecule has 9 heteroatoms. The Morgan fingerprint density at radius 1 is 1.13 bits per heavy atom. The summed E-state index contributed by atoms with van der Waals surface area (Å²) in [4.78, 5) is 4.05. The third-order valence-electron chi connectivity index (χ3n) is 2.90. The summed E-state index contributed by atoms with van der Waals surface area (Å²) in [6.07, 6.45) is 1.50. The Balaban J connectivity index is 1.74. The average Bonchev–Trinajstić information content (AvgIpc) is 3.04. The second kappa shape index (κ2) is 6.20. The first-order valence-corrected chi connectivity index (χ1v) is 6.47. The van der Waals surface area contributed by atoms with E-state index >= 15 is 0 Å². The highest BCUT2D eigenvalue weighted by Gasteiger charge is 2.08. The quantitative estimate of drug-likeness (QED) is 0.331. The van der Waals surface area contributed by atoms with Crippen LogP contribution >= 0.6 is 0 Å². The van der Waals surface area contributed by atoms with Crippen LogP contribution in [0.15, 0.2) is 47.0 Å². The van der Waals surface area contributed by atoms with Gasteiger partial charge < -0.3 is 4.42 Å². The van der Waals surface area contributed by atoms with Crippen molar-refractivity contribution < 1.29 is 14.0 Å². The Hall–Kier alpha value is -3.33. The van der Waals surface area contributed by atoms with Crippen LogP contribution in [-0.2, 0) is 0 Å². The lowest BCUT2D eigenvalue weighted by Gasteiger charge is -2.02. The molecule has 116 valence electrons. The fraction of sp³-hybridized carbons (Fsp3) is 0. The number of nitrogens with zero attached hydrogens (tertiary/aromatic N) is 3. The maximum Gasteiger partial charge on any atom is 0.300 e. The van der Waals surface area contributed by atoms with Crippen LogP contribution in [0.3, 0.4) is 0 Å². The number of hydrogen-bond acceptors (Lipinski definition) is 7. The minimum absolute atomic E-state index is 0.178. The van der Waals surface area contributed by atoms with Crippen LogP contribution in [-0.4, -0.2) is 26.2 Å². The Kier molecular flexibility index (Phi) is 3.93. The van der Waals surface area contributed by atoms with Gasteiger partial charge in [-0.1, -0.05) is 0 Å². The Bertz CT molecular complexity index is 816. The molecule has 0 saturated carbocycles. The number of benzene rings is 1. The monoisotopic (exact) mass is 314 g/mol. The van der Waals surface area contributed by atoms with Gasteiger partial charge in [0.2, 0.25) is 0 Å². The fourth-order valence-electron chi connectivity index (χ4n) is 1.78. The van der Waals surface area contributed by atoms with Crippen LogP contribution in [0.1, 0.15) is 5.69 Å². The molecule has 0 bridgehead atoms. The van der Waals surface area contributed by atoms with Gasteiger partial charge in [0.15, 0.2) is 17.4 Å². The molecule has 3 aromatic rings. The number of halogens is 1. The number of aromatic nitrogens is 3. The second-order valence-corrected chi connectivity index (χ2v) is 4.45. The summed E-state index contributed by atoms with van der Waals surface area (Å²) in [5.74, 6) is 0.235. The maximum atomic E-state index is 12.9. The summed E-state index contributed by atoms with van der Waals surface area (Å²) in [6, 6.07) is 9.07. The van der Waals surface area contributed by atoms with Crippen molar-refractivity contribution in [1.29, 1.82) is 5.41 Å². The van der Waals surface area contributed by atoms with Crippen molar-refractivity contribution in [2.75, 3.05) is 5.32 Å². The van der Waals surface area contributed by atoms with Gasteiger partial charge in [0.25, 0.3) is 0 Å². The molecule has 0 radical (unpaired) electrons. The average molecular weight is 314 g/mol. The molecule has 0 fully saturated rings. The Labute approximate surface area is 129 Å². The molecule has 0 saturated heterocycles. The van der Waals surface area contributed by atoms with Crippen molar-refractivity contribution in [2.45, 2.75) is 0 Å². The van der Waals surface area contributed by atoms with E-state index in [0.29, 0.717) is 17.1 Å². The van der Waals surface area contributed by atoms with Gasteiger partial charge >= 0.3 is 6.01 Å². The van der Waals surface area contributed by atoms with Gasteiger partial charge in [-0.3, -0.25) is 21.4 Å². The predicted molar refractivity (Wildman–Crippen MR) is 79.0 cm³/mol. The van der Waals surface area contributed by atoms with E-state index in [1.54, 1.807) is 23.7 Å². The summed E-state index contributed by atoms with van der Waals surface area (Å²) in [6.45, 7) is 0. The summed E-state index contributed by atoms with van der Waals surface area (Å²) < 4.78 is 18.4. The van der Waals surface area contributed by atoms with Crippen LogP contribution in [0, 0.1) is 11.2 Å². The molecule has 0 aliphatic carbocycles. The molecule has 23 heavy (non-hydrogen) atoms. The summed E-state index contributed by atoms with van der Waals surface area (Å²) in [5.41, 5.74) is 2.55. The minimum atomic E-state index is -0.329. The van der Waals surface area contributed by atoms with E-state index in [2.05, 4.69) is 20.5 Å². The first-order chi connectivity index (χ1) is 11.2. The lowest BCUT2D eigenvalue weighted by molar-refractivity contribution is 0.233. The van der Waals surface area contributed by atoms with Crippen molar-refractivity contribution in [3.8, 4) is 11.3 Å². The molecular formula is C14H11FN6O2. The molecule has 0 aliphatic rings. The molecule has 3 rings (SSSR count). The highest BCUT2D eigenvalue weighted by atomic mass is 19.1. The molecule has 1 aromatic carbocycles. The Morgan fingerprint density at radius 3 is 2.57 bits per heavy atom. The number of hydrogen-bond donors (Lipinski definition) is 4. The lowest BCUT2D eigenvalue weighted by atomic mass is 10.2. The summed E-state index contributed by atoms with van der Waals surface area (Å²) >= 11 is 0. The molecular weight excluding hydrogens is 303 g/mol. The number of anilines is 2. The highest BCUT2D eigenvalue weighted by molar-refractivity contribution is 5.93. The first kappa shape index (κ1) is 14.6. The topological polar surface area (TPSA) is 120 Å². The molecule has 0 amide bonds. The zero-order valence-electron chi connectivity index (χ0n) is 11.6. The molecule has 0 aliphatic heterocycles. The Morgan fingerprint density at radius 2 is 1.91 bits per heavy atom. The van der Waals surface area contributed by atoms with Crippen molar-refractivity contribution in [3.05, 3.63) is 54.1 Å². The number of nitrogens with one attached hydrogen (secondary N) is 3. The van der Waals surface area contributed by atoms with Gasteiger partial charge in [-0.05, 0) is 36.4 Å². The highest BCUT2D eigenvalue weighted by Crippen LogP contribution is 2.23. The van der Waals surface area contributed by atoms with E-state index in [1.165, 1.54) is 24.4 Å². The molecule has 2 aromatic heterocycles. The number of oxazole rings is 1. The van der Waals surface area contributed by atoms with Gasteiger partial charge in [-0.15, -0.1) is 10.2 Å². The van der Waals surface area contributed by atoms with Crippen LogP contribution in [0.4, 0.5) is 16.2 Å². The van der Waals surface area contributed by atoms with Crippen molar-refractivity contribution in [3.63, 3.8) is 0 Å². The van der Waals surface area contributed by atoms with E-state index in [4.69, 9.17) is 15.0 Å². The summed E-state index contributed by atoms with van der Waals surface area (Å²) in [5, 5.41) is 26.4. The van der Waals surface area contributed by atoms with Crippen molar-refractivity contribution in [1.82, 2.24) is 20.7 Å². The van der Waals surface area contributed by atoms with Crippen LogP contribution in [0.5, 0.6) is 0 Å². The van der Waals surface area contributed by atoms with Gasteiger partial charge in [0, 0.05) is 5.56 Å². The normalized spacial score (nSPS) is 10.3. The number of hydroxylamine groups is 1. The first-order valence-electron chi connectivity index (χ1n) is 6.47. The number of rotatable bonds is 4. The lowest BCUT2D eigenvalue weighted by Crippen LogP contribution is -2.20. The molecule has 0 atom stereocenters. The molecule has 0 spiro atoms. The fourth-order valence-corrected chi connectivity index (χ4v) is 1.78. The van der Waals surface area contributed by atoms with E-state index in [-0.39, 0.29) is 23.4 Å². The van der Waals surface area contributed by atoms with Crippen molar-refractivity contribution in [2.24, 2.45) is 0 Å². The van der Waals surface area contributed by atoms with Gasteiger partial charge in [0.05, 0.1) is 6.20 Å². The van der Waals surface area contributed by atoms with Crippen LogP contribution in [0.25, 0.3) is 11.3 Å². The van der Waals surface area contributed by atoms with E-state index in [1.807, 2.05) is 0 Å². The van der Waals surface area contributed by atoms with Crippen LogP contribution in [0.2, 0.25) is 0 Å². The zero-order chi connectivity index (χ0) is 16.2. The molecule has 0 unspecified atom stereocenters. The SMILES string of the molecule is N=C(NO)c1ccc(Nc2ncc(-c3ccc(F)cc3)o2)nn1. The second-order valence-electron chi connectivity index (χ2n) is 4.45. The van der Waals surface area contributed by atoms with Crippen molar-refractivity contribution >= 4 is 17.7 Å². The molecule has 4 N–H and O–H groups in total. The molecule has 8 nitrogen and oxygen atoms in total. The summed E-state index contributed by atoms with van der Waals surface area (Å²) in [7, 11) is 0. The van der Waals surface area contributed by atoms with E-state index < -0.39 is 0 Å². The van der Waals surface area contributed by atoms with E-state index in [9.17, 15) is 4.39 Å². The third kappa shape index (κ3) is 3.30. The minimum Gasteiger partial charge on any atom is -0.423 e. The predicted octanol–water partition coefficient (Wildman–Crippen LogP) is 2.32. The maximum absolute atomic E-state index is 12.9. The zero-order valence-corrected chi connectivity index (χ0v) is 11.6. The van der Waals surface area contributed by atoms with Gasteiger partial charge in [-0.2, -0.15) is 0 Å². The third-order valence-corrected chi connectivity index (χ3v) is 2.90. The molecule has 2 heterocycles. The number of amidine groups is 1. The standard InChI is InChI=1S/C14H11FN6O2/c15-9-3-1-8(2-4-9)11-7-17-14(23-11)18-12-6-5-10(19-20-12)13(16)21-22/h1-7,22H,(H2,16,21)(H,17,18,20).